The summed E-state index contributed by atoms with van der Waals surface area (Å²) in [7, 11) is 4.71. The third kappa shape index (κ3) is 10.4. The van der Waals surface area contributed by atoms with Crippen molar-refractivity contribution in [2.24, 2.45) is 0 Å². The first-order chi connectivity index (χ1) is 26.0. The van der Waals surface area contributed by atoms with E-state index < -0.39 is 29.4 Å². The Morgan fingerprint density at radius 3 is 1.25 bits per heavy atom. The Morgan fingerprint density at radius 1 is 0.582 bits per heavy atom. The normalized spacial score (nSPS) is 15.3. The van der Waals surface area contributed by atoms with Gasteiger partial charge in [0.05, 0.1) is 32.5 Å². The number of aliphatic carboxylic acids is 1. The molecule has 8 heteroatoms. The number of rotatable bonds is 12. The van der Waals surface area contributed by atoms with Crippen LogP contribution in [0.5, 0.6) is 11.5 Å². The fraction of sp³-hybridized carbons (Fsp3) is 0.447. The van der Waals surface area contributed by atoms with E-state index in [1.807, 2.05) is 97.9 Å². The molecule has 0 bridgehead atoms. The summed E-state index contributed by atoms with van der Waals surface area (Å²) in [6.07, 6.45) is 2.85. The average molecular weight is 751 g/mol. The standard InChI is InChI=1S/C24H30O4.C23H28O4/c1-15-7-14-19(16-8-9-16)21(17-10-12-18(26-5)13-11-17)20(15)22(23(25)27-6)28-24(2,3)4;1-14-6-13-18(15-7-8-15)20(16-9-11-17(26-5)12-10-16)19(14)21(22(24)25)27-23(2,3)4/h7,10-14,16,22H,8-9H2,1-6H3;6,9-13,15,21H,7-8H2,1-5H3,(H,24,25). The van der Waals surface area contributed by atoms with Crippen LogP contribution in [0.25, 0.3) is 22.3 Å². The number of carboxylic acid groups (broad SMARTS) is 1. The quantitative estimate of drug-likeness (QED) is 0.143. The zero-order valence-corrected chi connectivity index (χ0v) is 34.4. The van der Waals surface area contributed by atoms with E-state index >= 15 is 0 Å². The third-order valence-electron chi connectivity index (χ3n) is 9.89. The van der Waals surface area contributed by atoms with Gasteiger partial charge < -0.3 is 28.8 Å². The molecule has 6 rings (SSSR count). The molecule has 0 radical (unpaired) electrons. The minimum atomic E-state index is -1.01. The molecule has 2 aliphatic carbocycles. The summed E-state index contributed by atoms with van der Waals surface area (Å²) in [5.74, 6) is 1.27. The second kappa shape index (κ2) is 17.0. The number of aryl methyl sites for hydroxylation is 2. The highest BCUT2D eigenvalue weighted by Crippen LogP contribution is 2.50. The molecule has 0 saturated heterocycles. The van der Waals surface area contributed by atoms with Crippen molar-refractivity contribution in [1.82, 2.24) is 0 Å². The number of esters is 1. The third-order valence-corrected chi connectivity index (χ3v) is 9.89. The van der Waals surface area contributed by atoms with Crippen molar-refractivity contribution in [1.29, 1.82) is 0 Å². The summed E-state index contributed by atoms with van der Waals surface area (Å²) in [5.41, 5.74) is 9.19. The van der Waals surface area contributed by atoms with Crippen LogP contribution in [0.1, 0.15) is 125 Å². The van der Waals surface area contributed by atoms with Gasteiger partial charge in [-0.2, -0.15) is 0 Å². The summed E-state index contributed by atoms with van der Waals surface area (Å²) in [5, 5.41) is 9.97. The minimum absolute atomic E-state index is 0.374. The second-order valence-corrected chi connectivity index (χ2v) is 16.6. The molecule has 2 unspecified atom stereocenters. The molecule has 2 saturated carbocycles. The number of hydrogen-bond acceptors (Lipinski definition) is 7. The Morgan fingerprint density at radius 2 is 0.945 bits per heavy atom. The Bertz CT molecular complexity index is 1960. The van der Waals surface area contributed by atoms with E-state index in [4.69, 9.17) is 23.7 Å². The fourth-order valence-electron chi connectivity index (χ4n) is 7.06. The molecular formula is C47H58O8. The summed E-state index contributed by atoms with van der Waals surface area (Å²) in [6, 6.07) is 24.3. The maximum Gasteiger partial charge on any atom is 0.339 e. The molecule has 8 nitrogen and oxygen atoms in total. The Hall–Kier alpha value is -4.66. The highest BCUT2D eigenvalue weighted by molar-refractivity contribution is 5.85. The zero-order valence-electron chi connectivity index (χ0n) is 34.4. The van der Waals surface area contributed by atoms with Gasteiger partial charge in [0.25, 0.3) is 0 Å². The van der Waals surface area contributed by atoms with E-state index in [1.54, 1.807) is 14.2 Å². The number of benzene rings is 4. The summed E-state index contributed by atoms with van der Waals surface area (Å²) >= 11 is 0. The number of carbonyl (C=O) groups is 2. The molecule has 2 atom stereocenters. The minimum Gasteiger partial charge on any atom is -0.497 e. The molecule has 0 amide bonds. The molecule has 2 aliphatic rings. The van der Waals surface area contributed by atoms with Crippen LogP contribution in [0, 0.1) is 13.8 Å². The van der Waals surface area contributed by atoms with Crippen LogP contribution in [0.15, 0.2) is 72.8 Å². The van der Waals surface area contributed by atoms with Crippen LogP contribution in [0.2, 0.25) is 0 Å². The van der Waals surface area contributed by atoms with Gasteiger partial charge in [-0.3, -0.25) is 0 Å². The lowest BCUT2D eigenvalue weighted by Crippen LogP contribution is -2.29. The van der Waals surface area contributed by atoms with Crippen molar-refractivity contribution < 1.29 is 38.4 Å². The molecule has 0 heterocycles. The van der Waals surface area contributed by atoms with Crippen molar-refractivity contribution in [3.05, 3.63) is 106 Å². The van der Waals surface area contributed by atoms with E-state index in [0.717, 1.165) is 68.8 Å². The zero-order chi connectivity index (χ0) is 40.2. The highest BCUT2D eigenvalue weighted by atomic mass is 16.6. The molecule has 0 spiro atoms. The van der Waals surface area contributed by atoms with Gasteiger partial charge in [-0.05, 0) is 162 Å². The number of carbonyl (C=O) groups excluding carboxylic acids is 1. The monoisotopic (exact) mass is 750 g/mol. The highest BCUT2D eigenvalue weighted by Gasteiger charge is 2.37. The first-order valence-electron chi connectivity index (χ1n) is 19.2. The largest absolute Gasteiger partial charge is 0.497 e. The number of hydrogen-bond donors (Lipinski definition) is 1. The topological polar surface area (TPSA) is 101 Å². The smallest absolute Gasteiger partial charge is 0.339 e. The first-order valence-corrected chi connectivity index (χ1v) is 19.2. The van der Waals surface area contributed by atoms with Crippen molar-refractivity contribution in [2.45, 2.75) is 116 Å². The lowest BCUT2D eigenvalue weighted by molar-refractivity contribution is -0.164. The lowest BCUT2D eigenvalue weighted by atomic mass is 9.86. The number of carboxylic acids is 1. The summed E-state index contributed by atoms with van der Waals surface area (Å²) in [4.78, 5) is 24.9. The van der Waals surface area contributed by atoms with Gasteiger partial charge in [0.1, 0.15) is 11.5 Å². The Balaban J connectivity index is 0.000000211. The van der Waals surface area contributed by atoms with E-state index in [0.29, 0.717) is 11.8 Å². The predicted molar refractivity (Wildman–Crippen MR) is 217 cm³/mol. The maximum absolute atomic E-state index is 12.8. The molecule has 294 valence electrons. The van der Waals surface area contributed by atoms with Gasteiger partial charge in [-0.15, -0.1) is 0 Å². The van der Waals surface area contributed by atoms with Gasteiger partial charge in [0.15, 0.2) is 12.2 Å². The Labute approximate surface area is 327 Å². The second-order valence-electron chi connectivity index (χ2n) is 16.6. The van der Waals surface area contributed by atoms with Crippen LogP contribution < -0.4 is 9.47 Å². The fourth-order valence-corrected chi connectivity index (χ4v) is 7.06. The summed E-state index contributed by atoms with van der Waals surface area (Å²) < 4.78 is 28.0. The van der Waals surface area contributed by atoms with E-state index in [-0.39, 0.29) is 5.97 Å². The van der Waals surface area contributed by atoms with Crippen LogP contribution in [0.3, 0.4) is 0 Å². The number of ether oxygens (including phenoxy) is 5. The summed E-state index contributed by atoms with van der Waals surface area (Å²) in [6.45, 7) is 15.5. The van der Waals surface area contributed by atoms with Crippen LogP contribution in [-0.2, 0) is 23.8 Å². The average Bonchev–Trinajstić information content (AvgIpc) is 4.07. The molecule has 1 N–H and O–H groups in total. The van der Waals surface area contributed by atoms with Gasteiger partial charge in [0, 0.05) is 11.1 Å². The van der Waals surface area contributed by atoms with Crippen molar-refractivity contribution in [3.63, 3.8) is 0 Å². The van der Waals surface area contributed by atoms with Gasteiger partial charge in [-0.25, -0.2) is 9.59 Å². The number of methoxy groups -OCH3 is 3. The van der Waals surface area contributed by atoms with Crippen LogP contribution in [-0.4, -0.2) is 49.6 Å². The lowest BCUT2D eigenvalue weighted by Gasteiger charge is -2.29. The van der Waals surface area contributed by atoms with Crippen molar-refractivity contribution in [3.8, 4) is 33.8 Å². The molecule has 0 aliphatic heterocycles. The molecule has 0 aromatic heterocycles. The van der Waals surface area contributed by atoms with Crippen LogP contribution >= 0.6 is 0 Å². The molecule has 55 heavy (non-hydrogen) atoms. The molecule has 2 fully saturated rings. The van der Waals surface area contributed by atoms with Gasteiger partial charge in [0.2, 0.25) is 0 Å². The first kappa shape index (κ1) is 41.5. The Kier molecular flexibility index (Phi) is 12.8. The van der Waals surface area contributed by atoms with Crippen molar-refractivity contribution in [2.75, 3.05) is 21.3 Å². The van der Waals surface area contributed by atoms with Gasteiger partial charge >= 0.3 is 11.9 Å². The van der Waals surface area contributed by atoms with E-state index in [9.17, 15) is 14.7 Å². The van der Waals surface area contributed by atoms with Crippen molar-refractivity contribution >= 4 is 11.9 Å². The maximum atomic E-state index is 12.8. The predicted octanol–water partition coefficient (Wildman–Crippen LogP) is 11.1. The molecule has 4 aromatic rings. The van der Waals surface area contributed by atoms with Crippen LogP contribution in [0.4, 0.5) is 0 Å². The SMILES string of the molecule is COC(=O)C(OC(C)(C)C)c1c(C)ccc(C2CC2)c1-c1ccc(OC)cc1.COc1ccc(-c2c(C3CC3)ccc(C)c2C(OC(C)(C)C)C(=O)O)cc1. The van der Waals surface area contributed by atoms with E-state index in [2.05, 4.69) is 30.3 Å². The molecule has 4 aromatic carbocycles. The molecular weight excluding hydrogens is 693 g/mol. The van der Waals surface area contributed by atoms with E-state index in [1.165, 1.54) is 31.1 Å². The van der Waals surface area contributed by atoms with Gasteiger partial charge in [-0.1, -0.05) is 48.5 Å².